The van der Waals surface area contributed by atoms with Crippen molar-refractivity contribution in [2.24, 2.45) is 0 Å². The lowest BCUT2D eigenvalue weighted by molar-refractivity contribution is -0.136. The van der Waals surface area contributed by atoms with E-state index in [0.29, 0.717) is 38.5 Å². The van der Waals surface area contributed by atoms with Crippen molar-refractivity contribution in [1.29, 1.82) is 0 Å². The zero-order valence-corrected chi connectivity index (χ0v) is 19.8. The second-order valence-corrected chi connectivity index (χ2v) is 9.09. The summed E-state index contributed by atoms with van der Waals surface area (Å²) >= 11 is 1.58. The van der Waals surface area contributed by atoms with Gasteiger partial charge >= 0.3 is 0 Å². The minimum atomic E-state index is -0.319. The van der Waals surface area contributed by atoms with Gasteiger partial charge in [-0.1, -0.05) is 30.3 Å². The molecule has 0 N–H and O–H groups in total. The molecule has 0 atom stereocenters. The van der Waals surface area contributed by atoms with Crippen LogP contribution in [-0.2, 0) is 22.6 Å². The fourth-order valence-electron chi connectivity index (χ4n) is 3.71. The van der Waals surface area contributed by atoms with E-state index in [9.17, 15) is 14.0 Å². The van der Waals surface area contributed by atoms with Gasteiger partial charge in [0, 0.05) is 43.2 Å². The van der Waals surface area contributed by atoms with Crippen molar-refractivity contribution in [2.75, 3.05) is 26.2 Å². The molecule has 6 nitrogen and oxygen atoms in total. The lowest BCUT2D eigenvalue weighted by Crippen LogP contribution is -2.50. The van der Waals surface area contributed by atoms with Crippen LogP contribution in [0.3, 0.4) is 0 Å². The van der Waals surface area contributed by atoms with Gasteiger partial charge in [-0.15, -0.1) is 11.3 Å². The molecule has 176 valence electrons. The second kappa shape index (κ2) is 11.1. The third kappa shape index (κ3) is 6.29. The van der Waals surface area contributed by atoms with Crippen molar-refractivity contribution in [1.82, 2.24) is 14.8 Å². The second-order valence-electron chi connectivity index (χ2n) is 8.03. The van der Waals surface area contributed by atoms with Gasteiger partial charge in [-0.05, 0) is 36.8 Å². The first-order valence-electron chi connectivity index (χ1n) is 11.1. The van der Waals surface area contributed by atoms with Gasteiger partial charge in [0.05, 0.1) is 17.1 Å². The Balaban J connectivity index is 1.28. The summed E-state index contributed by atoms with van der Waals surface area (Å²) in [5.41, 5.74) is 2.47. The van der Waals surface area contributed by atoms with E-state index in [1.807, 2.05) is 36.6 Å². The van der Waals surface area contributed by atoms with Gasteiger partial charge in [0.2, 0.25) is 11.8 Å². The largest absolute Gasteiger partial charge is 0.487 e. The smallest absolute Gasteiger partial charge is 0.246 e. The Hall–Kier alpha value is -3.52. The number of amides is 2. The number of benzene rings is 2. The Morgan fingerprint density at radius 3 is 2.47 bits per heavy atom. The number of para-hydroxylation sites is 1. The maximum atomic E-state index is 13.1. The zero-order valence-electron chi connectivity index (χ0n) is 18.9. The SMILES string of the molecule is Cc1nc(COc2ccccc2/C=C/C(=O)N2CCN(C(=O)Cc3ccc(F)cc3)CC2)cs1. The monoisotopic (exact) mass is 479 g/mol. The molecular formula is C26H26FN3O3S. The fourth-order valence-corrected chi connectivity index (χ4v) is 4.30. The van der Waals surface area contributed by atoms with E-state index in [2.05, 4.69) is 4.98 Å². The van der Waals surface area contributed by atoms with Gasteiger partial charge in [0.25, 0.3) is 0 Å². The highest BCUT2D eigenvalue weighted by Crippen LogP contribution is 2.21. The number of nitrogens with zero attached hydrogens (tertiary/aromatic N) is 3. The minimum absolute atomic E-state index is 0.0179. The van der Waals surface area contributed by atoms with Crippen LogP contribution in [-0.4, -0.2) is 52.8 Å². The van der Waals surface area contributed by atoms with Crippen LogP contribution in [0.4, 0.5) is 4.39 Å². The number of carbonyl (C=O) groups excluding carboxylic acids is 2. The third-order valence-electron chi connectivity index (χ3n) is 5.58. The van der Waals surface area contributed by atoms with Crippen LogP contribution in [0.25, 0.3) is 6.08 Å². The van der Waals surface area contributed by atoms with Gasteiger partial charge in [-0.2, -0.15) is 0 Å². The molecule has 1 saturated heterocycles. The lowest BCUT2D eigenvalue weighted by Gasteiger charge is -2.34. The van der Waals surface area contributed by atoms with Crippen molar-refractivity contribution in [2.45, 2.75) is 20.0 Å². The molecule has 2 amide bonds. The number of carbonyl (C=O) groups is 2. The first-order chi connectivity index (χ1) is 16.5. The quantitative estimate of drug-likeness (QED) is 0.479. The summed E-state index contributed by atoms with van der Waals surface area (Å²) in [5, 5.41) is 2.97. The van der Waals surface area contributed by atoms with E-state index < -0.39 is 0 Å². The summed E-state index contributed by atoms with van der Waals surface area (Å²) < 4.78 is 19.0. The Labute approximate surface area is 202 Å². The number of aryl methyl sites for hydroxylation is 1. The highest BCUT2D eigenvalue weighted by Gasteiger charge is 2.23. The van der Waals surface area contributed by atoms with Gasteiger partial charge in [-0.3, -0.25) is 9.59 Å². The number of hydrogen-bond acceptors (Lipinski definition) is 5. The van der Waals surface area contributed by atoms with E-state index in [-0.39, 0.29) is 24.1 Å². The van der Waals surface area contributed by atoms with Crippen molar-refractivity contribution in [3.8, 4) is 5.75 Å². The maximum Gasteiger partial charge on any atom is 0.246 e. The standard InChI is InChI=1S/C26H26FN3O3S/c1-19-28-23(18-34-19)17-33-24-5-3-2-4-21(24)8-11-25(31)29-12-14-30(15-13-29)26(32)16-20-6-9-22(27)10-7-20/h2-11,18H,12-17H2,1H3/b11-8+. The Kier molecular flexibility index (Phi) is 7.69. The van der Waals surface area contributed by atoms with Crippen molar-refractivity contribution in [3.63, 3.8) is 0 Å². The number of aromatic nitrogens is 1. The van der Waals surface area contributed by atoms with Gasteiger partial charge in [-0.25, -0.2) is 9.37 Å². The number of halogens is 1. The molecule has 1 aromatic heterocycles. The van der Waals surface area contributed by atoms with Crippen LogP contribution < -0.4 is 4.74 Å². The highest BCUT2D eigenvalue weighted by molar-refractivity contribution is 7.09. The molecule has 0 unspecified atom stereocenters. The molecule has 4 rings (SSSR count). The first-order valence-corrected chi connectivity index (χ1v) is 12.0. The van der Waals surface area contributed by atoms with Crippen LogP contribution >= 0.6 is 11.3 Å². The van der Waals surface area contributed by atoms with E-state index in [0.717, 1.165) is 21.8 Å². The Bertz CT molecular complexity index is 1170. The van der Waals surface area contributed by atoms with E-state index >= 15 is 0 Å². The lowest BCUT2D eigenvalue weighted by atomic mass is 10.1. The molecule has 0 radical (unpaired) electrons. The molecule has 2 aromatic carbocycles. The number of rotatable bonds is 7. The average molecular weight is 480 g/mol. The topological polar surface area (TPSA) is 62.7 Å². The molecule has 34 heavy (non-hydrogen) atoms. The number of piperazine rings is 1. The van der Waals surface area contributed by atoms with Gasteiger partial charge < -0.3 is 14.5 Å². The van der Waals surface area contributed by atoms with Crippen molar-refractivity contribution >= 4 is 29.2 Å². The number of hydrogen-bond donors (Lipinski definition) is 0. The van der Waals surface area contributed by atoms with Crippen LogP contribution in [0.2, 0.25) is 0 Å². The molecule has 0 bridgehead atoms. The molecule has 1 fully saturated rings. The molecule has 0 saturated carbocycles. The van der Waals surface area contributed by atoms with Crippen molar-refractivity contribution < 1.29 is 18.7 Å². The number of thiazole rings is 1. The molecule has 0 aliphatic carbocycles. The summed E-state index contributed by atoms with van der Waals surface area (Å²) in [4.78, 5) is 33.1. The zero-order chi connectivity index (χ0) is 23.9. The molecule has 2 heterocycles. The first kappa shape index (κ1) is 23.6. The summed E-state index contributed by atoms with van der Waals surface area (Å²) in [6, 6.07) is 13.5. The van der Waals surface area contributed by atoms with Gasteiger partial charge in [0.1, 0.15) is 18.2 Å². The molecule has 8 heteroatoms. The van der Waals surface area contributed by atoms with E-state index in [1.165, 1.54) is 12.1 Å². The summed E-state index contributed by atoms with van der Waals surface area (Å²) in [6.07, 6.45) is 3.53. The summed E-state index contributed by atoms with van der Waals surface area (Å²) in [5.74, 6) is 0.250. The average Bonchev–Trinajstić information content (AvgIpc) is 3.28. The normalized spacial score (nSPS) is 13.9. The summed E-state index contributed by atoms with van der Waals surface area (Å²) in [6.45, 7) is 4.23. The van der Waals surface area contributed by atoms with E-state index in [4.69, 9.17) is 4.74 Å². The molecule has 1 aliphatic rings. The third-order valence-corrected chi connectivity index (χ3v) is 6.40. The van der Waals surface area contributed by atoms with Crippen LogP contribution in [0.15, 0.2) is 60.0 Å². The van der Waals surface area contributed by atoms with Crippen molar-refractivity contribution in [3.05, 3.63) is 87.6 Å². The van der Waals surface area contributed by atoms with Crippen LogP contribution in [0, 0.1) is 12.7 Å². The molecule has 3 aromatic rings. The van der Waals surface area contributed by atoms with Crippen LogP contribution in [0.1, 0.15) is 21.8 Å². The molecular weight excluding hydrogens is 453 g/mol. The number of ether oxygens (including phenoxy) is 1. The Morgan fingerprint density at radius 2 is 1.76 bits per heavy atom. The van der Waals surface area contributed by atoms with Gasteiger partial charge in [0.15, 0.2) is 0 Å². The van der Waals surface area contributed by atoms with E-state index in [1.54, 1.807) is 45.4 Å². The predicted molar refractivity (Wildman–Crippen MR) is 130 cm³/mol. The Morgan fingerprint density at radius 1 is 1.06 bits per heavy atom. The molecule has 1 aliphatic heterocycles. The molecule has 0 spiro atoms. The fraction of sp³-hybridized carbons (Fsp3) is 0.269. The minimum Gasteiger partial charge on any atom is -0.487 e. The van der Waals surface area contributed by atoms with Crippen LogP contribution in [0.5, 0.6) is 5.75 Å². The predicted octanol–water partition coefficient (Wildman–Crippen LogP) is 4.10. The summed E-state index contributed by atoms with van der Waals surface area (Å²) in [7, 11) is 0. The highest BCUT2D eigenvalue weighted by atomic mass is 32.1. The maximum absolute atomic E-state index is 13.1.